The minimum Gasteiger partial charge on any atom is -0.361 e. The molecule has 0 aliphatic carbocycles. The summed E-state index contributed by atoms with van der Waals surface area (Å²) in [6.07, 6.45) is 10.4. The SMILES string of the molecule is O=c1c(NCc2cccnc2)nc2ccc(-c3cccnc3)nc2n1Cc1cccnc1. The summed E-state index contributed by atoms with van der Waals surface area (Å²) < 4.78 is 1.63. The second-order valence-electron chi connectivity index (χ2n) is 7.21. The van der Waals surface area contributed by atoms with Gasteiger partial charge in [0, 0.05) is 49.3 Å². The Bertz CT molecular complexity index is 1400. The maximum absolute atomic E-state index is 13.4. The molecule has 5 heterocycles. The van der Waals surface area contributed by atoms with E-state index in [2.05, 4.69) is 25.3 Å². The van der Waals surface area contributed by atoms with Gasteiger partial charge < -0.3 is 5.32 Å². The molecule has 1 N–H and O–H groups in total. The number of nitrogens with zero attached hydrogens (tertiary/aromatic N) is 6. The van der Waals surface area contributed by atoms with E-state index in [1.165, 1.54) is 0 Å². The van der Waals surface area contributed by atoms with Crippen molar-refractivity contribution in [3.8, 4) is 11.3 Å². The van der Waals surface area contributed by atoms with Crippen LogP contribution in [0.15, 0.2) is 90.5 Å². The molecule has 0 spiro atoms. The molecule has 0 atom stereocenters. The third-order valence-corrected chi connectivity index (χ3v) is 4.99. The van der Waals surface area contributed by atoms with E-state index in [4.69, 9.17) is 4.98 Å². The highest BCUT2D eigenvalue weighted by molar-refractivity contribution is 5.76. The average Bonchev–Trinajstić information content (AvgIpc) is 2.86. The first-order chi connectivity index (χ1) is 15.8. The molecule has 0 radical (unpaired) electrons. The quantitative estimate of drug-likeness (QED) is 0.449. The maximum atomic E-state index is 13.4. The molecule has 0 bridgehead atoms. The van der Waals surface area contributed by atoms with Crippen LogP contribution in [0, 0.1) is 0 Å². The smallest absolute Gasteiger partial charge is 0.295 e. The number of nitrogens with one attached hydrogen (secondary N) is 1. The van der Waals surface area contributed by atoms with Gasteiger partial charge in [0.2, 0.25) is 0 Å². The Balaban J connectivity index is 1.61. The van der Waals surface area contributed by atoms with Gasteiger partial charge in [-0.2, -0.15) is 0 Å². The standard InChI is InChI=1S/C24H19N7O/c32-24-22(28-14-17-4-1-9-25-12-17)29-21-8-7-20(19-6-3-11-27-15-19)30-23(21)31(24)16-18-5-2-10-26-13-18/h1-13,15H,14,16H2,(H,28,29). The topological polar surface area (TPSA) is 98.5 Å². The number of hydrogen-bond donors (Lipinski definition) is 1. The van der Waals surface area contributed by atoms with Gasteiger partial charge in [-0.05, 0) is 47.5 Å². The first-order valence-electron chi connectivity index (χ1n) is 10.1. The van der Waals surface area contributed by atoms with Crippen LogP contribution in [-0.4, -0.2) is 29.5 Å². The number of fused-ring (bicyclic) bond motifs is 1. The molecular weight excluding hydrogens is 402 g/mol. The second-order valence-corrected chi connectivity index (χ2v) is 7.21. The van der Waals surface area contributed by atoms with Crippen LogP contribution >= 0.6 is 0 Å². The lowest BCUT2D eigenvalue weighted by Gasteiger charge is -2.13. The van der Waals surface area contributed by atoms with Crippen LogP contribution in [0.25, 0.3) is 22.4 Å². The molecule has 0 unspecified atom stereocenters. The molecule has 0 aliphatic rings. The molecule has 5 aromatic heterocycles. The summed E-state index contributed by atoms with van der Waals surface area (Å²) >= 11 is 0. The van der Waals surface area contributed by atoms with Crippen LogP contribution in [0.2, 0.25) is 0 Å². The largest absolute Gasteiger partial charge is 0.361 e. The summed E-state index contributed by atoms with van der Waals surface area (Å²) in [6.45, 7) is 0.770. The van der Waals surface area contributed by atoms with E-state index in [0.717, 1.165) is 22.4 Å². The van der Waals surface area contributed by atoms with Gasteiger partial charge in [-0.1, -0.05) is 12.1 Å². The Hall–Kier alpha value is -4.46. The zero-order valence-corrected chi connectivity index (χ0v) is 17.1. The van der Waals surface area contributed by atoms with E-state index in [1.807, 2.05) is 48.5 Å². The first-order valence-corrected chi connectivity index (χ1v) is 10.1. The summed E-state index contributed by atoms with van der Waals surface area (Å²) in [5.74, 6) is 0.265. The van der Waals surface area contributed by atoms with Gasteiger partial charge in [-0.25, -0.2) is 9.97 Å². The highest BCUT2D eigenvalue weighted by Gasteiger charge is 2.14. The van der Waals surface area contributed by atoms with Gasteiger partial charge in [0.1, 0.15) is 5.52 Å². The lowest BCUT2D eigenvalue weighted by atomic mass is 10.2. The third kappa shape index (κ3) is 4.06. The Labute approximate surface area is 183 Å². The maximum Gasteiger partial charge on any atom is 0.295 e. The Morgan fingerprint density at radius 2 is 1.50 bits per heavy atom. The van der Waals surface area contributed by atoms with Crippen LogP contribution in [0.1, 0.15) is 11.1 Å². The molecule has 0 fully saturated rings. The van der Waals surface area contributed by atoms with Crippen molar-refractivity contribution in [2.75, 3.05) is 5.32 Å². The Morgan fingerprint density at radius 1 is 0.781 bits per heavy atom. The van der Waals surface area contributed by atoms with Crippen molar-refractivity contribution in [3.05, 3.63) is 107 Å². The lowest BCUT2D eigenvalue weighted by molar-refractivity contribution is 0.772. The molecule has 156 valence electrons. The molecule has 8 heteroatoms. The van der Waals surface area contributed by atoms with Crippen molar-refractivity contribution in [2.45, 2.75) is 13.1 Å². The van der Waals surface area contributed by atoms with Crippen molar-refractivity contribution in [2.24, 2.45) is 0 Å². The first kappa shape index (κ1) is 19.5. The molecular formula is C24H19N7O. The Morgan fingerprint density at radius 3 is 2.19 bits per heavy atom. The number of rotatable bonds is 6. The zero-order chi connectivity index (χ0) is 21.8. The fraction of sp³-hybridized carbons (Fsp3) is 0.0833. The predicted octanol–water partition coefficient (Wildman–Crippen LogP) is 3.30. The highest BCUT2D eigenvalue weighted by atomic mass is 16.1. The number of pyridine rings is 4. The molecule has 0 saturated heterocycles. The average molecular weight is 421 g/mol. The lowest BCUT2D eigenvalue weighted by Crippen LogP contribution is -2.26. The van der Waals surface area contributed by atoms with Gasteiger partial charge in [0.05, 0.1) is 12.2 Å². The Kier molecular flexibility index (Phi) is 5.32. The molecule has 0 saturated carbocycles. The van der Waals surface area contributed by atoms with Gasteiger partial charge in [0.15, 0.2) is 11.5 Å². The number of hydrogen-bond acceptors (Lipinski definition) is 7. The minimum atomic E-state index is -0.249. The van der Waals surface area contributed by atoms with Gasteiger partial charge in [0.25, 0.3) is 5.56 Å². The van der Waals surface area contributed by atoms with Crippen LogP contribution in [-0.2, 0) is 13.1 Å². The van der Waals surface area contributed by atoms with E-state index >= 15 is 0 Å². The molecule has 0 aliphatic heterocycles. The van der Waals surface area contributed by atoms with Gasteiger partial charge in [-0.15, -0.1) is 0 Å². The normalized spacial score (nSPS) is 10.9. The van der Waals surface area contributed by atoms with Gasteiger partial charge in [-0.3, -0.25) is 24.3 Å². The second kappa shape index (κ2) is 8.73. The van der Waals surface area contributed by atoms with Crippen molar-refractivity contribution in [3.63, 3.8) is 0 Å². The van der Waals surface area contributed by atoms with E-state index in [1.54, 1.807) is 41.7 Å². The number of aromatic nitrogens is 6. The van der Waals surface area contributed by atoms with E-state index in [0.29, 0.717) is 24.3 Å². The van der Waals surface area contributed by atoms with Crippen molar-refractivity contribution in [1.29, 1.82) is 0 Å². The predicted molar refractivity (Wildman–Crippen MR) is 122 cm³/mol. The molecule has 5 aromatic rings. The number of anilines is 1. The van der Waals surface area contributed by atoms with E-state index in [9.17, 15) is 4.79 Å². The van der Waals surface area contributed by atoms with Crippen LogP contribution in [0.4, 0.5) is 5.82 Å². The molecule has 0 amide bonds. The van der Waals surface area contributed by atoms with Crippen molar-refractivity contribution < 1.29 is 0 Å². The summed E-state index contributed by atoms with van der Waals surface area (Å²) in [5.41, 5.74) is 4.32. The molecule has 5 rings (SSSR count). The molecule has 8 nitrogen and oxygen atoms in total. The summed E-state index contributed by atoms with van der Waals surface area (Å²) in [4.78, 5) is 35.2. The molecule has 32 heavy (non-hydrogen) atoms. The highest BCUT2D eigenvalue weighted by Crippen LogP contribution is 2.20. The van der Waals surface area contributed by atoms with Crippen molar-refractivity contribution in [1.82, 2.24) is 29.5 Å². The zero-order valence-electron chi connectivity index (χ0n) is 17.1. The minimum absolute atomic E-state index is 0.249. The molecule has 0 aromatic carbocycles. The fourth-order valence-corrected chi connectivity index (χ4v) is 3.42. The van der Waals surface area contributed by atoms with E-state index in [-0.39, 0.29) is 11.4 Å². The summed E-state index contributed by atoms with van der Waals surface area (Å²) in [5, 5.41) is 3.16. The van der Waals surface area contributed by atoms with Crippen molar-refractivity contribution >= 4 is 17.0 Å². The van der Waals surface area contributed by atoms with Crippen LogP contribution in [0.5, 0.6) is 0 Å². The van der Waals surface area contributed by atoms with Crippen LogP contribution < -0.4 is 10.9 Å². The fourth-order valence-electron chi connectivity index (χ4n) is 3.42. The van der Waals surface area contributed by atoms with E-state index < -0.39 is 0 Å². The van der Waals surface area contributed by atoms with Crippen LogP contribution in [0.3, 0.4) is 0 Å². The van der Waals surface area contributed by atoms with Gasteiger partial charge >= 0.3 is 0 Å². The third-order valence-electron chi connectivity index (χ3n) is 4.99. The monoisotopic (exact) mass is 421 g/mol. The summed E-state index contributed by atoms with van der Waals surface area (Å²) in [6, 6.07) is 15.1. The summed E-state index contributed by atoms with van der Waals surface area (Å²) in [7, 11) is 0.